The van der Waals surface area contributed by atoms with Gasteiger partial charge in [-0.3, -0.25) is 0 Å². The fraction of sp³-hybridized carbons (Fsp3) is 0.143. The normalized spacial score (nSPS) is 18.6. The number of hydrogen-bond acceptors (Lipinski definition) is 1. The van der Waals surface area contributed by atoms with Gasteiger partial charge in [-0.25, -0.2) is 0 Å². The summed E-state index contributed by atoms with van der Waals surface area (Å²) in [6.07, 6.45) is 0.677. The summed E-state index contributed by atoms with van der Waals surface area (Å²) in [7, 11) is 0. The average Bonchev–Trinajstić information content (AvgIpc) is 3.00. The van der Waals surface area contributed by atoms with E-state index in [-0.39, 0.29) is 20.8 Å². The number of rotatable bonds is 4. The predicted molar refractivity (Wildman–Crippen MR) is 100 cm³/mol. The summed E-state index contributed by atoms with van der Waals surface area (Å²) >= 11 is 6.31. The molecule has 1 unspecified atom stereocenters. The van der Waals surface area contributed by atoms with Gasteiger partial charge < -0.3 is 0 Å². The van der Waals surface area contributed by atoms with Gasteiger partial charge in [-0.15, -0.1) is 0 Å². The minimum atomic E-state index is -0.462. The molecule has 1 heterocycles. The summed E-state index contributed by atoms with van der Waals surface area (Å²) in [5.41, 5.74) is 1.56. The van der Waals surface area contributed by atoms with E-state index in [1.165, 1.54) is 10.5 Å². The summed E-state index contributed by atoms with van der Waals surface area (Å²) in [5, 5.41) is 1.58. The van der Waals surface area contributed by atoms with Crippen molar-refractivity contribution < 1.29 is 9.13 Å². The van der Waals surface area contributed by atoms with E-state index < -0.39 is 5.60 Å². The zero-order valence-electron chi connectivity index (χ0n) is 13.4. The summed E-state index contributed by atoms with van der Waals surface area (Å²) in [6, 6.07) is 23.0. The van der Waals surface area contributed by atoms with E-state index in [0.717, 1.165) is 22.2 Å². The van der Waals surface area contributed by atoms with E-state index in [4.69, 9.17) is 16.3 Å². The number of ether oxygens (including phenoxy) is 1. The summed E-state index contributed by atoms with van der Waals surface area (Å²) in [4.78, 5) is 0. The molecule has 3 aromatic carbocycles. The minimum absolute atomic E-state index is 0.220. The quantitative estimate of drug-likeness (QED) is 0.556. The SMILES string of the molecule is Fc1ccc2c(c1)CC(C[Se]c1ccccc1)(c1ccc(Cl)cc1)O2. The molecule has 1 atom stereocenters. The van der Waals surface area contributed by atoms with Crippen molar-refractivity contribution in [3.05, 3.63) is 94.8 Å². The van der Waals surface area contributed by atoms with Crippen molar-refractivity contribution in [1.82, 2.24) is 0 Å². The van der Waals surface area contributed by atoms with Gasteiger partial charge >= 0.3 is 158 Å². The summed E-state index contributed by atoms with van der Waals surface area (Å²) in [6.45, 7) is 0. The van der Waals surface area contributed by atoms with Crippen LogP contribution in [0.1, 0.15) is 11.1 Å². The van der Waals surface area contributed by atoms with Crippen molar-refractivity contribution in [2.75, 3.05) is 0 Å². The monoisotopic (exact) mass is 418 g/mol. The molecule has 4 heteroatoms. The molecular weight excluding hydrogens is 402 g/mol. The van der Waals surface area contributed by atoms with Gasteiger partial charge in [-0.1, -0.05) is 0 Å². The van der Waals surface area contributed by atoms with Crippen molar-refractivity contribution in [3.8, 4) is 5.75 Å². The number of benzene rings is 3. The van der Waals surface area contributed by atoms with Gasteiger partial charge in [0.25, 0.3) is 0 Å². The van der Waals surface area contributed by atoms with Crippen LogP contribution in [-0.4, -0.2) is 15.0 Å². The van der Waals surface area contributed by atoms with Gasteiger partial charge in [0.05, 0.1) is 0 Å². The molecule has 0 amide bonds. The van der Waals surface area contributed by atoms with Crippen LogP contribution < -0.4 is 9.20 Å². The molecule has 0 spiro atoms. The molecule has 1 nitrogen and oxygen atoms in total. The molecule has 0 aromatic heterocycles. The van der Waals surface area contributed by atoms with Crippen molar-refractivity contribution in [2.45, 2.75) is 17.3 Å². The van der Waals surface area contributed by atoms with Crippen LogP contribution in [0.3, 0.4) is 0 Å². The van der Waals surface area contributed by atoms with Gasteiger partial charge in [0.15, 0.2) is 0 Å². The molecule has 0 saturated heterocycles. The third-order valence-corrected chi connectivity index (χ3v) is 7.19. The van der Waals surface area contributed by atoms with Gasteiger partial charge in [0, 0.05) is 0 Å². The number of hydrogen-bond donors (Lipinski definition) is 0. The van der Waals surface area contributed by atoms with E-state index in [1.807, 2.05) is 30.3 Å². The fourth-order valence-corrected chi connectivity index (χ4v) is 5.52. The van der Waals surface area contributed by atoms with E-state index in [9.17, 15) is 4.39 Å². The van der Waals surface area contributed by atoms with Gasteiger partial charge in [0.2, 0.25) is 0 Å². The molecule has 126 valence electrons. The second-order valence-corrected chi connectivity index (χ2v) is 8.77. The Morgan fingerprint density at radius 2 is 1.76 bits per heavy atom. The molecule has 1 aliphatic rings. The summed E-state index contributed by atoms with van der Waals surface area (Å²) in [5.74, 6) is 0.558. The fourth-order valence-electron chi connectivity index (χ4n) is 3.14. The number of fused-ring (bicyclic) bond motifs is 1. The van der Waals surface area contributed by atoms with Gasteiger partial charge in [-0.05, 0) is 0 Å². The first-order valence-electron chi connectivity index (χ1n) is 8.06. The molecule has 1 aliphatic heterocycles. The van der Waals surface area contributed by atoms with Gasteiger partial charge in [0.1, 0.15) is 0 Å². The van der Waals surface area contributed by atoms with Crippen LogP contribution in [0.4, 0.5) is 4.39 Å². The predicted octanol–water partition coefficient (Wildman–Crippen LogP) is 4.76. The van der Waals surface area contributed by atoms with Crippen LogP contribution >= 0.6 is 11.6 Å². The number of halogens is 2. The van der Waals surface area contributed by atoms with Crippen molar-refractivity contribution in [2.24, 2.45) is 0 Å². The molecule has 0 radical (unpaired) electrons. The van der Waals surface area contributed by atoms with Gasteiger partial charge in [-0.2, -0.15) is 0 Å². The van der Waals surface area contributed by atoms with Crippen LogP contribution in [0.15, 0.2) is 72.8 Å². The second kappa shape index (κ2) is 6.84. The molecule has 0 N–H and O–H groups in total. The maximum atomic E-state index is 13.7. The molecule has 0 fully saturated rings. The first kappa shape index (κ1) is 16.7. The Morgan fingerprint density at radius 1 is 1.00 bits per heavy atom. The van der Waals surface area contributed by atoms with E-state index in [2.05, 4.69) is 24.3 Å². The Labute approximate surface area is 157 Å². The molecule has 25 heavy (non-hydrogen) atoms. The maximum absolute atomic E-state index is 13.7. The zero-order valence-corrected chi connectivity index (χ0v) is 15.9. The first-order valence-corrected chi connectivity index (χ1v) is 10.5. The molecule has 0 aliphatic carbocycles. The molecule has 3 aromatic rings. The molecule has 4 rings (SSSR count). The third-order valence-electron chi connectivity index (χ3n) is 4.39. The van der Waals surface area contributed by atoms with Crippen LogP contribution in [0, 0.1) is 5.82 Å². The molecular formula is C21H16ClFOSe. The second-order valence-electron chi connectivity index (χ2n) is 6.13. The van der Waals surface area contributed by atoms with Crippen LogP contribution in [0.25, 0.3) is 0 Å². The topological polar surface area (TPSA) is 9.23 Å². The van der Waals surface area contributed by atoms with E-state index in [1.54, 1.807) is 12.1 Å². The van der Waals surface area contributed by atoms with E-state index in [0.29, 0.717) is 11.4 Å². The molecule has 0 bridgehead atoms. The molecule has 0 saturated carbocycles. The Bertz CT molecular complexity index is 882. The van der Waals surface area contributed by atoms with Crippen LogP contribution in [0.2, 0.25) is 10.3 Å². The van der Waals surface area contributed by atoms with Crippen LogP contribution in [0.5, 0.6) is 5.75 Å². The Balaban J connectivity index is 1.68. The Kier molecular flexibility index (Phi) is 4.56. The Hall–Kier alpha value is -1.80. The van der Waals surface area contributed by atoms with Crippen molar-refractivity contribution in [1.29, 1.82) is 0 Å². The van der Waals surface area contributed by atoms with Crippen LogP contribution in [-0.2, 0) is 12.0 Å². The van der Waals surface area contributed by atoms with Crippen molar-refractivity contribution >= 4 is 31.0 Å². The third kappa shape index (κ3) is 3.46. The average molecular weight is 418 g/mol. The van der Waals surface area contributed by atoms with Crippen molar-refractivity contribution in [3.63, 3.8) is 0 Å². The standard InChI is InChI=1S/C21H16ClFOSe/c22-17-8-6-16(7-9-17)21(14-25-19-4-2-1-3-5-19)13-15-12-18(23)10-11-20(15)24-21/h1-12H,13-14H2. The zero-order chi connectivity index (χ0) is 17.3. The first-order chi connectivity index (χ1) is 12.1. The summed E-state index contributed by atoms with van der Waals surface area (Å²) < 4.78 is 21.4. The Morgan fingerprint density at radius 3 is 2.52 bits per heavy atom. The van der Waals surface area contributed by atoms with E-state index >= 15 is 0 Å².